The summed E-state index contributed by atoms with van der Waals surface area (Å²) in [5.41, 5.74) is 8.40. The van der Waals surface area contributed by atoms with Crippen LogP contribution in [0.4, 0.5) is 25.1 Å². The zero-order valence-electron chi connectivity index (χ0n) is 18.9. The lowest BCUT2D eigenvalue weighted by Crippen LogP contribution is -2.27. The number of nitrogens with one attached hydrogen (secondary N) is 1. The Labute approximate surface area is 193 Å². The standard InChI is InChI=1S/C22H23F2N7O3/c1-22(2,3)34-21(32)28-15-6-5-12(9-17(15)33-4)13-10-16(14-7-8-30(29-14)20(23)24)31-18(13)19(25)26-11-27-31/h5-11,20H,1-4H3,(H,28,32)(H2,25,26,27). The Morgan fingerprint density at radius 2 is 1.97 bits per heavy atom. The minimum absolute atomic E-state index is 0.194. The summed E-state index contributed by atoms with van der Waals surface area (Å²) in [6.45, 7) is 2.52. The first kappa shape index (κ1) is 23.0. The summed E-state index contributed by atoms with van der Waals surface area (Å²) in [4.78, 5) is 16.3. The first-order valence-corrected chi connectivity index (χ1v) is 10.2. The molecule has 0 saturated carbocycles. The molecule has 0 aliphatic heterocycles. The zero-order chi connectivity index (χ0) is 24.6. The van der Waals surface area contributed by atoms with Crippen LogP contribution < -0.4 is 15.8 Å². The highest BCUT2D eigenvalue weighted by Gasteiger charge is 2.21. The third-order valence-electron chi connectivity index (χ3n) is 4.80. The van der Waals surface area contributed by atoms with Gasteiger partial charge in [0.1, 0.15) is 28.9 Å². The number of carbonyl (C=O) groups is 1. The Morgan fingerprint density at radius 1 is 1.21 bits per heavy atom. The molecule has 10 nitrogen and oxygen atoms in total. The van der Waals surface area contributed by atoms with E-state index in [0.717, 1.165) is 0 Å². The monoisotopic (exact) mass is 471 g/mol. The number of hydrogen-bond donors (Lipinski definition) is 2. The van der Waals surface area contributed by atoms with E-state index in [-0.39, 0.29) is 11.5 Å². The third kappa shape index (κ3) is 4.47. The van der Waals surface area contributed by atoms with Crippen LogP contribution in [0.3, 0.4) is 0 Å². The van der Waals surface area contributed by atoms with Crippen molar-refractivity contribution in [1.82, 2.24) is 24.4 Å². The Hall–Kier alpha value is -4.22. The van der Waals surface area contributed by atoms with Gasteiger partial charge in [-0.3, -0.25) is 5.32 Å². The minimum atomic E-state index is -2.77. The Morgan fingerprint density at radius 3 is 2.62 bits per heavy atom. The van der Waals surface area contributed by atoms with E-state index in [4.69, 9.17) is 15.2 Å². The summed E-state index contributed by atoms with van der Waals surface area (Å²) in [5, 5.41) is 10.8. The Kier molecular flexibility index (Phi) is 5.82. The van der Waals surface area contributed by atoms with Crippen molar-refractivity contribution in [2.24, 2.45) is 0 Å². The lowest BCUT2D eigenvalue weighted by molar-refractivity contribution is 0.0567. The maximum absolute atomic E-state index is 13.0. The van der Waals surface area contributed by atoms with E-state index in [0.29, 0.717) is 38.5 Å². The van der Waals surface area contributed by atoms with Crippen LogP contribution in [0.5, 0.6) is 5.75 Å². The number of fused-ring (bicyclic) bond motifs is 1. The second-order valence-corrected chi connectivity index (χ2v) is 8.35. The Balaban J connectivity index is 1.78. The summed E-state index contributed by atoms with van der Waals surface area (Å²) < 4.78 is 38.9. The van der Waals surface area contributed by atoms with Gasteiger partial charge in [-0.05, 0) is 50.6 Å². The van der Waals surface area contributed by atoms with Crippen molar-refractivity contribution in [2.45, 2.75) is 32.9 Å². The van der Waals surface area contributed by atoms with Crippen molar-refractivity contribution in [3.05, 3.63) is 42.9 Å². The number of nitrogens with zero attached hydrogens (tertiary/aromatic N) is 5. The highest BCUT2D eigenvalue weighted by atomic mass is 19.3. The molecular formula is C22H23F2N7O3. The van der Waals surface area contributed by atoms with Crippen molar-refractivity contribution in [3.63, 3.8) is 0 Å². The third-order valence-corrected chi connectivity index (χ3v) is 4.80. The lowest BCUT2D eigenvalue weighted by atomic mass is 10.1. The summed E-state index contributed by atoms with van der Waals surface area (Å²) in [7, 11) is 1.47. The van der Waals surface area contributed by atoms with Gasteiger partial charge in [-0.2, -0.15) is 19.0 Å². The van der Waals surface area contributed by atoms with Crippen LogP contribution in [0.15, 0.2) is 42.9 Å². The van der Waals surface area contributed by atoms with Gasteiger partial charge in [0.15, 0.2) is 5.82 Å². The summed E-state index contributed by atoms with van der Waals surface area (Å²) in [6, 6.07) is 8.31. The quantitative estimate of drug-likeness (QED) is 0.436. The normalized spacial score (nSPS) is 11.7. The highest BCUT2D eigenvalue weighted by molar-refractivity contribution is 5.93. The average molecular weight is 471 g/mol. The molecule has 0 radical (unpaired) electrons. The van der Waals surface area contributed by atoms with Crippen LogP contribution in [-0.2, 0) is 4.74 Å². The van der Waals surface area contributed by atoms with E-state index in [9.17, 15) is 13.6 Å². The van der Waals surface area contributed by atoms with Gasteiger partial charge in [0.05, 0.1) is 18.5 Å². The van der Waals surface area contributed by atoms with Crippen LogP contribution in [0.1, 0.15) is 27.3 Å². The first-order valence-electron chi connectivity index (χ1n) is 10.2. The van der Waals surface area contributed by atoms with Gasteiger partial charge in [0.2, 0.25) is 0 Å². The molecule has 3 heterocycles. The van der Waals surface area contributed by atoms with E-state index in [1.807, 2.05) is 0 Å². The van der Waals surface area contributed by atoms with Gasteiger partial charge >= 0.3 is 12.6 Å². The van der Waals surface area contributed by atoms with Crippen LogP contribution in [-0.4, -0.2) is 43.2 Å². The van der Waals surface area contributed by atoms with E-state index in [1.165, 1.54) is 30.2 Å². The van der Waals surface area contributed by atoms with Gasteiger partial charge in [-0.25, -0.2) is 19.0 Å². The number of carbonyl (C=O) groups excluding carboxylic acids is 1. The minimum Gasteiger partial charge on any atom is -0.495 e. The fourth-order valence-corrected chi connectivity index (χ4v) is 3.43. The van der Waals surface area contributed by atoms with Crippen molar-refractivity contribution in [1.29, 1.82) is 0 Å². The summed E-state index contributed by atoms with van der Waals surface area (Å²) >= 11 is 0. The zero-order valence-corrected chi connectivity index (χ0v) is 18.9. The van der Waals surface area contributed by atoms with Crippen LogP contribution in [0.25, 0.3) is 28.0 Å². The number of methoxy groups -OCH3 is 1. The number of alkyl halides is 2. The number of hydrogen-bond acceptors (Lipinski definition) is 7. The smallest absolute Gasteiger partial charge is 0.412 e. The van der Waals surface area contributed by atoms with Gasteiger partial charge in [0, 0.05) is 11.8 Å². The molecule has 0 bridgehead atoms. The maximum Gasteiger partial charge on any atom is 0.412 e. The molecule has 1 amide bonds. The van der Waals surface area contributed by atoms with E-state index >= 15 is 0 Å². The second kappa shape index (κ2) is 8.61. The summed E-state index contributed by atoms with van der Waals surface area (Å²) in [6.07, 6.45) is 1.83. The van der Waals surface area contributed by atoms with Gasteiger partial charge in [-0.15, -0.1) is 0 Å². The number of amides is 1. The molecular weight excluding hydrogens is 448 g/mol. The molecule has 3 N–H and O–H groups in total. The number of halogens is 2. The molecule has 0 fully saturated rings. The van der Waals surface area contributed by atoms with Gasteiger partial charge in [-0.1, -0.05) is 6.07 Å². The van der Waals surface area contributed by atoms with Crippen LogP contribution >= 0.6 is 0 Å². The fraction of sp³-hybridized carbons (Fsp3) is 0.273. The SMILES string of the molecule is COc1cc(-c2cc(-c3ccn(C(F)F)n3)n3ncnc(N)c23)ccc1NC(=O)OC(C)(C)C. The highest BCUT2D eigenvalue weighted by Crippen LogP contribution is 2.37. The number of ether oxygens (including phenoxy) is 2. The molecule has 4 aromatic rings. The molecule has 178 valence electrons. The van der Waals surface area contributed by atoms with Gasteiger partial charge < -0.3 is 15.2 Å². The molecule has 0 aliphatic carbocycles. The van der Waals surface area contributed by atoms with Crippen molar-refractivity contribution in [2.75, 3.05) is 18.2 Å². The number of benzene rings is 1. The average Bonchev–Trinajstić information content (AvgIpc) is 3.38. The molecule has 0 saturated heterocycles. The molecule has 1 aromatic carbocycles. The van der Waals surface area contributed by atoms with Crippen molar-refractivity contribution >= 4 is 23.1 Å². The number of nitrogens with two attached hydrogens (primary N) is 1. The molecule has 3 aromatic heterocycles. The molecule has 0 spiro atoms. The Bertz CT molecular complexity index is 1360. The lowest BCUT2D eigenvalue weighted by Gasteiger charge is -2.20. The van der Waals surface area contributed by atoms with Crippen molar-refractivity contribution < 1.29 is 23.0 Å². The summed E-state index contributed by atoms with van der Waals surface area (Å²) in [5.74, 6) is 0.570. The van der Waals surface area contributed by atoms with Crippen LogP contribution in [0.2, 0.25) is 0 Å². The number of anilines is 2. The maximum atomic E-state index is 13.0. The largest absolute Gasteiger partial charge is 0.495 e. The molecule has 34 heavy (non-hydrogen) atoms. The molecule has 12 heteroatoms. The van der Waals surface area contributed by atoms with Crippen molar-refractivity contribution in [3.8, 4) is 28.3 Å². The predicted molar refractivity (Wildman–Crippen MR) is 122 cm³/mol. The van der Waals surface area contributed by atoms with Gasteiger partial charge in [0.25, 0.3) is 0 Å². The fourth-order valence-electron chi connectivity index (χ4n) is 3.43. The second-order valence-electron chi connectivity index (χ2n) is 8.35. The molecule has 0 aliphatic rings. The van der Waals surface area contributed by atoms with E-state index in [2.05, 4.69) is 20.5 Å². The topological polar surface area (TPSA) is 122 Å². The molecule has 4 rings (SSSR count). The molecule has 0 unspecified atom stereocenters. The first-order chi connectivity index (χ1) is 16.1. The number of rotatable bonds is 5. The van der Waals surface area contributed by atoms with Crippen LogP contribution in [0, 0.1) is 0 Å². The van der Waals surface area contributed by atoms with E-state index in [1.54, 1.807) is 45.0 Å². The molecule has 0 atom stereocenters. The number of aromatic nitrogens is 5. The van der Waals surface area contributed by atoms with E-state index < -0.39 is 18.2 Å². The predicted octanol–water partition coefficient (Wildman–Crippen LogP) is 4.59. The number of nitrogen functional groups attached to an aromatic ring is 1.